The Morgan fingerprint density at radius 2 is 2.33 bits per heavy atom. The molecule has 0 saturated heterocycles. The maximum absolute atomic E-state index is 4.25. The predicted octanol–water partition coefficient (Wildman–Crippen LogP) is 1.71. The molecule has 0 radical (unpaired) electrons. The lowest BCUT2D eigenvalue weighted by atomic mass is 10.3. The molecule has 2 atom stereocenters. The fourth-order valence-corrected chi connectivity index (χ4v) is 1.15. The third-order valence-electron chi connectivity index (χ3n) is 1.41. The standard InChI is InChI=1S/C5H10S/c1-2-4-3-5(4)6/h4-6H,2-3H2,1H3/t4-,5?/m0/s1. The molecule has 0 aliphatic heterocycles. The first-order valence-electron chi connectivity index (χ1n) is 2.52. The smallest absolute Gasteiger partial charge is 0.00484 e. The number of hydrogen-bond donors (Lipinski definition) is 1. The Bertz CT molecular complexity index is 49.9. The van der Waals surface area contributed by atoms with Gasteiger partial charge in [0.05, 0.1) is 0 Å². The van der Waals surface area contributed by atoms with Crippen molar-refractivity contribution in [1.82, 2.24) is 0 Å². The van der Waals surface area contributed by atoms with Crippen molar-refractivity contribution in [2.24, 2.45) is 5.92 Å². The molecule has 0 amide bonds. The average molecular weight is 102 g/mol. The van der Waals surface area contributed by atoms with E-state index in [4.69, 9.17) is 0 Å². The molecule has 1 heteroatoms. The molecule has 1 unspecified atom stereocenters. The van der Waals surface area contributed by atoms with E-state index in [-0.39, 0.29) is 0 Å². The molecule has 1 aliphatic carbocycles. The highest BCUT2D eigenvalue weighted by Crippen LogP contribution is 2.37. The second-order valence-electron chi connectivity index (χ2n) is 1.97. The van der Waals surface area contributed by atoms with Gasteiger partial charge in [-0.25, -0.2) is 0 Å². The molecule has 1 aliphatic rings. The molecular weight excluding hydrogens is 92.1 g/mol. The van der Waals surface area contributed by atoms with Gasteiger partial charge in [0, 0.05) is 5.25 Å². The van der Waals surface area contributed by atoms with Crippen molar-refractivity contribution in [2.75, 3.05) is 0 Å². The minimum Gasteiger partial charge on any atom is -0.176 e. The van der Waals surface area contributed by atoms with Gasteiger partial charge in [-0.3, -0.25) is 0 Å². The fourth-order valence-electron chi connectivity index (χ4n) is 0.670. The van der Waals surface area contributed by atoms with Crippen molar-refractivity contribution in [2.45, 2.75) is 25.0 Å². The Kier molecular flexibility index (Phi) is 1.09. The van der Waals surface area contributed by atoms with E-state index in [2.05, 4.69) is 19.6 Å². The van der Waals surface area contributed by atoms with Crippen molar-refractivity contribution in [1.29, 1.82) is 0 Å². The van der Waals surface area contributed by atoms with Gasteiger partial charge >= 0.3 is 0 Å². The summed E-state index contributed by atoms with van der Waals surface area (Å²) in [5.41, 5.74) is 0. The molecule has 0 aromatic heterocycles. The van der Waals surface area contributed by atoms with E-state index in [0.717, 1.165) is 11.2 Å². The fraction of sp³-hybridized carbons (Fsp3) is 1.00. The third-order valence-corrected chi connectivity index (χ3v) is 2.04. The molecule has 0 bridgehead atoms. The molecule has 0 aromatic carbocycles. The molecule has 0 spiro atoms. The van der Waals surface area contributed by atoms with E-state index >= 15 is 0 Å². The van der Waals surface area contributed by atoms with E-state index < -0.39 is 0 Å². The first-order chi connectivity index (χ1) is 2.84. The van der Waals surface area contributed by atoms with Crippen LogP contribution in [-0.2, 0) is 0 Å². The van der Waals surface area contributed by atoms with Crippen molar-refractivity contribution < 1.29 is 0 Å². The van der Waals surface area contributed by atoms with Gasteiger partial charge in [-0.05, 0) is 12.3 Å². The summed E-state index contributed by atoms with van der Waals surface area (Å²) in [5, 5.41) is 0.759. The van der Waals surface area contributed by atoms with Gasteiger partial charge in [0.15, 0.2) is 0 Å². The lowest BCUT2D eigenvalue weighted by Crippen LogP contribution is -1.70. The minimum atomic E-state index is 0.759. The lowest BCUT2D eigenvalue weighted by Gasteiger charge is -1.78. The average Bonchev–Trinajstić information content (AvgIpc) is 2.19. The first-order valence-corrected chi connectivity index (χ1v) is 3.04. The van der Waals surface area contributed by atoms with Crippen molar-refractivity contribution in [3.05, 3.63) is 0 Å². The summed E-state index contributed by atoms with van der Waals surface area (Å²) in [6.45, 7) is 2.22. The summed E-state index contributed by atoms with van der Waals surface area (Å²) in [4.78, 5) is 0. The van der Waals surface area contributed by atoms with Gasteiger partial charge in [-0.15, -0.1) is 0 Å². The molecule has 0 aromatic rings. The summed E-state index contributed by atoms with van der Waals surface area (Å²) in [6.07, 6.45) is 2.69. The van der Waals surface area contributed by atoms with Gasteiger partial charge in [0.25, 0.3) is 0 Å². The highest BCUT2D eigenvalue weighted by Gasteiger charge is 2.30. The van der Waals surface area contributed by atoms with Crippen LogP contribution in [0.5, 0.6) is 0 Å². The van der Waals surface area contributed by atoms with E-state index in [1.165, 1.54) is 12.8 Å². The summed E-state index contributed by atoms with van der Waals surface area (Å²) in [5.74, 6) is 0.966. The van der Waals surface area contributed by atoms with Crippen LogP contribution in [0.3, 0.4) is 0 Å². The highest BCUT2D eigenvalue weighted by molar-refractivity contribution is 7.81. The van der Waals surface area contributed by atoms with Gasteiger partial charge in [0.1, 0.15) is 0 Å². The highest BCUT2D eigenvalue weighted by atomic mass is 32.1. The summed E-state index contributed by atoms with van der Waals surface area (Å²) in [6, 6.07) is 0. The van der Waals surface area contributed by atoms with E-state index in [1.807, 2.05) is 0 Å². The zero-order valence-electron chi connectivity index (χ0n) is 4.02. The van der Waals surface area contributed by atoms with Crippen LogP contribution in [0.2, 0.25) is 0 Å². The maximum atomic E-state index is 4.25. The SMILES string of the molecule is CC[C@H]1CC1S. The zero-order chi connectivity index (χ0) is 4.57. The van der Waals surface area contributed by atoms with Crippen LogP contribution in [0, 0.1) is 5.92 Å². The van der Waals surface area contributed by atoms with Gasteiger partial charge < -0.3 is 0 Å². The normalized spacial score (nSPS) is 43.0. The van der Waals surface area contributed by atoms with Crippen molar-refractivity contribution >= 4 is 12.6 Å². The molecule has 0 heterocycles. The monoisotopic (exact) mass is 102 g/mol. The van der Waals surface area contributed by atoms with Crippen LogP contribution in [0.4, 0.5) is 0 Å². The minimum absolute atomic E-state index is 0.759. The van der Waals surface area contributed by atoms with Crippen LogP contribution < -0.4 is 0 Å². The van der Waals surface area contributed by atoms with E-state index in [0.29, 0.717) is 0 Å². The van der Waals surface area contributed by atoms with Crippen LogP contribution >= 0.6 is 12.6 Å². The molecule has 0 N–H and O–H groups in total. The van der Waals surface area contributed by atoms with Crippen LogP contribution in [0.15, 0.2) is 0 Å². The molecular formula is C5H10S. The third kappa shape index (κ3) is 0.700. The Hall–Kier alpha value is 0.350. The Morgan fingerprint density at radius 1 is 1.83 bits per heavy atom. The van der Waals surface area contributed by atoms with Crippen LogP contribution in [0.25, 0.3) is 0 Å². The summed E-state index contributed by atoms with van der Waals surface area (Å²) in [7, 11) is 0. The number of rotatable bonds is 1. The molecule has 1 fully saturated rings. The zero-order valence-corrected chi connectivity index (χ0v) is 4.91. The Balaban J connectivity index is 2.09. The number of hydrogen-bond acceptors (Lipinski definition) is 1. The van der Waals surface area contributed by atoms with Crippen molar-refractivity contribution in [3.8, 4) is 0 Å². The maximum Gasteiger partial charge on any atom is 0.00484 e. The molecule has 0 nitrogen and oxygen atoms in total. The second-order valence-corrected chi connectivity index (χ2v) is 2.63. The van der Waals surface area contributed by atoms with Gasteiger partial charge in [0.2, 0.25) is 0 Å². The molecule has 36 valence electrons. The van der Waals surface area contributed by atoms with Crippen molar-refractivity contribution in [3.63, 3.8) is 0 Å². The Labute approximate surface area is 44.3 Å². The largest absolute Gasteiger partial charge is 0.176 e. The first kappa shape index (κ1) is 4.51. The van der Waals surface area contributed by atoms with Gasteiger partial charge in [-0.2, -0.15) is 12.6 Å². The second kappa shape index (κ2) is 1.45. The lowest BCUT2D eigenvalue weighted by molar-refractivity contribution is 0.804. The van der Waals surface area contributed by atoms with Crippen LogP contribution in [0.1, 0.15) is 19.8 Å². The summed E-state index contributed by atoms with van der Waals surface area (Å²) < 4.78 is 0. The quantitative estimate of drug-likeness (QED) is 0.479. The van der Waals surface area contributed by atoms with Gasteiger partial charge in [-0.1, -0.05) is 13.3 Å². The van der Waals surface area contributed by atoms with E-state index in [9.17, 15) is 0 Å². The Morgan fingerprint density at radius 3 is 2.33 bits per heavy atom. The topological polar surface area (TPSA) is 0 Å². The van der Waals surface area contributed by atoms with E-state index in [1.54, 1.807) is 0 Å². The molecule has 6 heavy (non-hydrogen) atoms. The van der Waals surface area contributed by atoms with Crippen LogP contribution in [-0.4, -0.2) is 5.25 Å². The number of thiol groups is 1. The molecule has 1 saturated carbocycles. The summed E-state index contributed by atoms with van der Waals surface area (Å²) >= 11 is 4.25. The molecule has 1 rings (SSSR count). The predicted molar refractivity (Wildman–Crippen MR) is 31.2 cm³/mol.